The molecule has 0 spiro atoms. The molecule has 3 nitrogen and oxygen atoms in total. The van der Waals surface area contributed by atoms with E-state index in [-0.39, 0.29) is 11.2 Å². The van der Waals surface area contributed by atoms with E-state index in [2.05, 4.69) is 29.6 Å². The quantitative estimate of drug-likeness (QED) is 0.857. The SMILES string of the molecule is Cc1ccc(C)c(SC(C)C(=O)Nc2ccc(C#N)cc2)c1. The minimum absolute atomic E-state index is 0.0457. The first-order valence-electron chi connectivity index (χ1n) is 7.04. The number of nitriles is 1. The number of carbonyl (C=O) groups excluding carboxylic acids is 1. The Morgan fingerprint density at radius 2 is 1.86 bits per heavy atom. The van der Waals surface area contributed by atoms with Crippen LogP contribution in [0, 0.1) is 25.2 Å². The van der Waals surface area contributed by atoms with Crippen molar-refractivity contribution >= 4 is 23.4 Å². The van der Waals surface area contributed by atoms with E-state index in [0.29, 0.717) is 11.3 Å². The summed E-state index contributed by atoms with van der Waals surface area (Å²) in [6.45, 7) is 5.99. The number of amides is 1. The zero-order chi connectivity index (χ0) is 16.1. The van der Waals surface area contributed by atoms with Gasteiger partial charge in [0.1, 0.15) is 0 Å². The largest absolute Gasteiger partial charge is 0.325 e. The number of aryl methyl sites for hydroxylation is 2. The molecule has 0 fully saturated rings. The number of nitrogens with one attached hydrogen (secondary N) is 1. The van der Waals surface area contributed by atoms with Crippen molar-refractivity contribution in [3.8, 4) is 6.07 Å². The van der Waals surface area contributed by atoms with Crippen LogP contribution in [0.1, 0.15) is 23.6 Å². The van der Waals surface area contributed by atoms with Crippen molar-refractivity contribution in [2.75, 3.05) is 5.32 Å². The lowest BCUT2D eigenvalue weighted by Crippen LogP contribution is -2.22. The summed E-state index contributed by atoms with van der Waals surface area (Å²) in [4.78, 5) is 13.4. The van der Waals surface area contributed by atoms with Gasteiger partial charge in [0.15, 0.2) is 0 Å². The number of carbonyl (C=O) groups is 1. The number of anilines is 1. The average Bonchev–Trinajstić information content (AvgIpc) is 2.51. The van der Waals surface area contributed by atoms with E-state index in [1.165, 1.54) is 11.1 Å². The molecule has 0 aliphatic carbocycles. The second-order valence-corrected chi connectivity index (χ2v) is 6.59. The summed E-state index contributed by atoms with van der Waals surface area (Å²) in [5.74, 6) is -0.0457. The highest BCUT2D eigenvalue weighted by Gasteiger charge is 2.15. The van der Waals surface area contributed by atoms with E-state index < -0.39 is 0 Å². The monoisotopic (exact) mass is 310 g/mol. The van der Waals surface area contributed by atoms with Gasteiger partial charge in [0.2, 0.25) is 5.91 Å². The van der Waals surface area contributed by atoms with E-state index in [0.717, 1.165) is 4.90 Å². The smallest absolute Gasteiger partial charge is 0.237 e. The summed E-state index contributed by atoms with van der Waals surface area (Å²) in [5, 5.41) is 11.5. The lowest BCUT2D eigenvalue weighted by Gasteiger charge is -2.14. The maximum Gasteiger partial charge on any atom is 0.237 e. The predicted molar refractivity (Wildman–Crippen MR) is 91.0 cm³/mol. The molecule has 0 aromatic heterocycles. The summed E-state index contributed by atoms with van der Waals surface area (Å²) in [6, 6.07) is 15.2. The van der Waals surface area contributed by atoms with Gasteiger partial charge in [-0.2, -0.15) is 5.26 Å². The zero-order valence-electron chi connectivity index (χ0n) is 12.9. The summed E-state index contributed by atoms with van der Waals surface area (Å²) in [6.07, 6.45) is 0. The first-order chi connectivity index (χ1) is 10.5. The van der Waals surface area contributed by atoms with Gasteiger partial charge in [0, 0.05) is 10.6 Å². The standard InChI is InChI=1S/C18H18N2OS/c1-12-4-5-13(2)17(10-12)22-14(3)18(21)20-16-8-6-15(11-19)7-9-16/h4-10,14H,1-3H3,(H,20,21). The molecule has 4 heteroatoms. The molecule has 1 amide bonds. The number of hydrogen-bond acceptors (Lipinski definition) is 3. The Labute approximate surface area is 135 Å². The Balaban J connectivity index is 2.02. The van der Waals surface area contributed by atoms with Gasteiger partial charge in [-0.25, -0.2) is 0 Å². The van der Waals surface area contributed by atoms with Crippen LogP contribution < -0.4 is 5.32 Å². The molecule has 0 saturated carbocycles. The molecular weight excluding hydrogens is 292 g/mol. The van der Waals surface area contributed by atoms with Gasteiger partial charge in [-0.15, -0.1) is 11.8 Å². The van der Waals surface area contributed by atoms with Crippen molar-refractivity contribution in [2.24, 2.45) is 0 Å². The normalized spacial score (nSPS) is 11.5. The molecule has 0 saturated heterocycles. The molecule has 22 heavy (non-hydrogen) atoms. The summed E-state index contributed by atoms with van der Waals surface area (Å²) < 4.78 is 0. The van der Waals surface area contributed by atoms with Crippen LogP contribution in [0.2, 0.25) is 0 Å². The van der Waals surface area contributed by atoms with Gasteiger partial charge in [0.05, 0.1) is 16.9 Å². The van der Waals surface area contributed by atoms with Crippen LogP contribution in [0.3, 0.4) is 0 Å². The van der Waals surface area contributed by atoms with Crippen LogP contribution in [-0.4, -0.2) is 11.2 Å². The highest BCUT2D eigenvalue weighted by atomic mass is 32.2. The van der Waals surface area contributed by atoms with Gasteiger partial charge in [0.25, 0.3) is 0 Å². The fourth-order valence-electron chi connectivity index (χ4n) is 1.95. The minimum Gasteiger partial charge on any atom is -0.325 e. The molecule has 0 heterocycles. The average molecular weight is 310 g/mol. The van der Waals surface area contributed by atoms with Crippen LogP contribution in [0.4, 0.5) is 5.69 Å². The molecule has 2 aromatic carbocycles. The summed E-state index contributed by atoms with van der Waals surface area (Å²) in [5.41, 5.74) is 3.65. The Kier molecular flexibility index (Phi) is 5.24. The third-order valence-corrected chi connectivity index (χ3v) is 4.56. The molecular formula is C18H18N2OS. The molecule has 1 atom stereocenters. The topological polar surface area (TPSA) is 52.9 Å². The van der Waals surface area contributed by atoms with E-state index in [1.54, 1.807) is 36.0 Å². The number of thioether (sulfide) groups is 1. The van der Waals surface area contributed by atoms with E-state index >= 15 is 0 Å². The molecule has 1 unspecified atom stereocenters. The van der Waals surface area contributed by atoms with Crippen LogP contribution in [-0.2, 0) is 4.79 Å². The first kappa shape index (κ1) is 16.1. The molecule has 0 aliphatic rings. The van der Waals surface area contributed by atoms with Gasteiger partial charge in [-0.05, 0) is 56.7 Å². The van der Waals surface area contributed by atoms with Crippen molar-refractivity contribution in [3.63, 3.8) is 0 Å². The molecule has 2 rings (SSSR count). The van der Waals surface area contributed by atoms with Crippen molar-refractivity contribution in [1.29, 1.82) is 5.26 Å². The van der Waals surface area contributed by atoms with Crippen molar-refractivity contribution in [1.82, 2.24) is 0 Å². The van der Waals surface area contributed by atoms with Crippen molar-refractivity contribution in [3.05, 3.63) is 59.2 Å². The third-order valence-electron chi connectivity index (χ3n) is 3.30. The van der Waals surface area contributed by atoms with Gasteiger partial charge in [-0.3, -0.25) is 4.79 Å². The lowest BCUT2D eigenvalue weighted by molar-refractivity contribution is -0.115. The Hall–Kier alpha value is -2.25. The highest BCUT2D eigenvalue weighted by Crippen LogP contribution is 2.28. The molecule has 0 radical (unpaired) electrons. The maximum absolute atomic E-state index is 12.3. The van der Waals surface area contributed by atoms with Crippen LogP contribution in [0.25, 0.3) is 0 Å². The number of rotatable bonds is 4. The molecule has 0 aliphatic heterocycles. The third kappa shape index (κ3) is 4.12. The fourth-order valence-corrected chi connectivity index (χ4v) is 3.00. The Morgan fingerprint density at radius 3 is 2.50 bits per heavy atom. The van der Waals surface area contributed by atoms with Crippen LogP contribution >= 0.6 is 11.8 Å². The second-order valence-electron chi connectivity index (χ2n) is 5.21. The van der Waals surface area contributed by atoms with Gasteiger partial charge >= 0.3 is 0 Å². The number of hydrogen-bond donors (Lipinski definition) is 1. The number of nitrogens with zero attached hydrogens (tertiary/aromatic N) is 1. The highest BCUT2D eigenvalue weighted by molar-refractivity contribution is 8.00. The molecule has 0 bridgehead atoms. The second kappa shape index (κ2) is 7.15. The number of benzene rings is 2. The zero-order valence-corrected chi connectivity index (χ0v) is 13.7. The van der Waals surface area contributed by atoms with E-state index in [4.69, 9.17) is 5.26 Å². The minimum atomic E-state index is -0.198. The van der Waals surface area contributed by atoms with Crippen molar-refractivity contribution in [2.45, 2.75) is 30.9 Å². The Morgan fingerprint density at radius 1 is 1.18 bits per heavy atom. The Bertz CT molecular complexity index is 717. The van der Waals surface area contributed by atoms with Gasteiger partial charge in [-0.1, -0.05) is 17.7 Å². The molecule has 1 N–H and O–H groups in total. The predicted octanol–water partition coefficient (Wildman–Crippen LogP) is 4.29. The van der Waals surface area contributed by atoms with Crippen molar-refractivity contribution < 1.29 is 4.79 Å². The molecule has 112 valence electrons. The molecule has 2 aromatic rings. The summed E-state index contributed by atoms with van der Waals surface area (Å²) in [7, 11) is 0. The lowest BCUT2D eigenvalue weighted by atomic mass is 10.2. The first-order valence-corrected chi connectivity index (χ1v) is 7.92. The van der Waals surface area contributed by atoms with E-state index in [9.17, 15) is 4.79 Å². The maximum atomic E-state index is 12.3. The van der Waals surface area contributed by atoms with Crippen LogP contribution in [0.5, 0.6) is 0 Å². The van der Waals surface area contributed by atoms with Gasteiger partial charge < -0.3 is 5.32 Å². The summed E-state index contributed by atoms with van der Waals surface area (Å²) >= 11 is 1.55. The fraction of sp³-hybridized carbons (Fsp3) is 0.222. The van der Waals surface area contributed by atoms with E-state index in [1.807, 2.05) is 20.8 Å². The van der Waals surface area contributed by atoms with Crippen LogP contribution in [0.15, 0.2) is 47.4 Å².